The normalized spacial score (nSPS) is 10.9. The molecule has 2 aromatic carbocycles. The number of aromatic nitrogens is 3. The van der Waals surface area contributed by atoms with Crippen molar-refractivity contribution in [3.63, 3.8) is 0 Å². The van der Waals surface area contributed by atoms with E-state index in [1.165, 1.54) is 21.2 Å². The van der Waals surface area contributed by atoms with Crippen molar-refractivity contribution in [1.82, 2.24) is 19.5 Å². The van der Waals surface area contributed by atoms with Gasteiger partial charge >= 0.3 is 0 Å². The van der Waals surface area contributed by atoms with Crippen LogP contribution in [0.5, 0.6) is 5.75 Å². The van der Waals surface area contributed by atoms with Crippen LogP contribution in [0.4, 0.5) is 4.39 Å². The van der Waals surface area contributed by atoms with Gasteiger partial charge in [-0.05, 0) is 36.4 Å². The van der Waals surface area contributed by atoms with Gasteiger partial charge in [-0.25, -0.2) is 8.91 Å². The number of halogens is 1. The number of amides is 1. The first-order valence-corrected chi connectivity index (χ1v) is 9.78. The van der Waals surface area contributed by atoms with Gasteiger partial charge in [-0.3, -0.25) is 9.59 Å². The number of nitrogens with one attached hydrogen (secondary N) is 1. The molecule has 0 aliphatic carbocycles. The largest absolute Gasteiger partial charge is 0.496 e. The van der Waals surface area contributed by atoms with E-state index in [4.69, 9.17) is 4.74 Å². The lowest BCUT2D eigenvalue weighted by molar-refractivity contribution is -0.120. The summed E-state index contributed by atoms with van der Waals surface area (Å²) in [6.45, 7) is 0.632. The van der Waals surface area contributed by atoms with Crippen LogP contribution in [0.2, 0.25) is 0 Å². The van der Waals surface area contributed by atoms with E-state index in [2.05, 4.69) is 10.4 Å². The number of carbonyl (C=O) groups is 1. The molecular formula is C23H21FN4O3. The average molecular weight is 420 g/mol. The molecule has 0 bridgehead atoms. The molecule has 0 spiro atoms. The highest BCUT2D eigenvalue weighted by Crippen LogP contribution is 2.19. The van der Waals surface area contributed by atoms with Crippen LogP contribution in [0.25, 0.3) is 16.8 Å². The molecule has 0 saturated carbocycles. The van der Waals surface area contributed by atoms with Gasteiger partial charge in [0.2, 0.25) is 5.91 Å². The van der Waals surface area contributed by atoms with Crippen molar-refractivity contribution in [2.45, 2.75) is 13.0 Å². The van der Waals surface area contributed by atoms with E-state index < -0.39 is 0 Å². The van der Waals surface area contributed by atoms with Gasteiger partial charge < -0.3 is 14.6 Å². The Labute approximate surface area is 177 Å². The van der Waals surface area contributed by atoms with Gasteiger partial charge in [0.15, 0.2) is 0 Å². The second kappa shape index (κ2) is 8.83. The molecule has 158 valence electrons. The van der Waals surface area contributed by atoms with E-state index in [0.717, 1.165) is 11.1 Å². The molecule has 0 aliphatic heterocycles. The SMILES string of the molecule is COc1ccccc1CC(=O)NCCn1ccn2nc(-c3ccc(F)cc3)cc2c1=O. The smallest absolute Gasteiger partial charge is 0.276 e. The van der Waals surface area contributed by atoms with E-state index >= 15 is 0 Å². The van der Waals surface area contributed by atoms with Crippen LogP contribution in [-0.4, -0.2) is 33.7 Å². The van der Waals surface area contributed by atoms with Crippen LogP contribution in [0.15, 0.2) is 71.8 Å². The standard InChI is InChI=1S/C23H21FN4O3/c1-31-21-5-3-2-4-17(21)14-22(29)25-10-11-27-12-13-28-20(23(27)30)15-19(26-28)16-6-8-18(24)9-7-16/h2-9,12-13,15H,10-11,14H2,1H3,(H,25,29). The molecular weight excluding hydrogens is 399 g/mol. The maximum atomic E-state index is 13.1. The zero-order valence-corrected chi connectivity index (χ0v) is 16.9. The molecule has 2 heterocycles. The van der Waals surface area contributed by atoms with Crippen molar-refractivity contribution < 1.29 is 13.9 Å². The molecule has 0 atom stereocenters. The molecule has 0 radical (unpaired) electrons. The number of ether oxygens (including phenoxy) is 1. The van der Waals surface area contributed by atoms with Crippen molar-refractivity contribution in [2.24, 2.45) is 0 Å². The van der Waals surface area contributed by atoms with Crippen molar-refractivity contribution in [3.05, 3.63) is 88.7 Å². The molecule has 7 nitrogen and oxygen atoms in total. The zero-order valence-electron chi connectivity index (χ0n) is 16.9. The molecule has 0 saturated heterocycles. The third-order valence-corrected chi connectivity index (χ3v) is 4.96. The first kappa shape index (κ1) is 20.3. The highest BCUT2D eigenvalue weighted by molar-refractivity contribution is 5.79. The molecule has 0 aliphatic rings. The van der Waals surface area contributed by atoms with Crippen molar-refractivity contribution in [1.29, 1.82) is 0 Å². The molecule has 4 aromatic rings. The van der Waals surface area contributed by atoms with Gasteiger partial charge in [0.05, 0.1) is 19.2 Å². The summed E-state index contributed by atoms with van der Waals surface area (Å²) >= 11 is 0. The topological polar surface area (TPSA) is 77.6 Å². The van der Waals surface area contributed by atoms with E-state index in [9.17, 15) is 14.0 Å². The fourth-order valence-corrected chi connectivity index (χ4v) is 3.36. The van der Waals surface area contributed by atoms with Gasteiger partial charge in [0, 0.05) is 36.6 Å². The molecule has 4 rings (SSSR count). The number of benzene rings is 2. The minimum atomic E-state index is -0.331. The van der Waals surface area contributed by atoms with Crippen LogP contribution in [-0.2, 0) is 17.8 Å². The minimum absolute atomic E-state index is 0.151. The summed E-state index contributed by atoms with van der Waals surface area (Å²) < 4.78 is 21.4. The number of methoxy groups -OCH3 is 1. The third kappa shape index (κ3) is 4.48. The summed E-state index contributed by atoms with van der Waals surface area (Å²) in [5.41, 5.74) is 2.29. The van der Waals surface area contributed by atoms with E-state index in [1.807, 2.05) is 24.3 Å². The van der Waals surface area contributed by atoms with Crippen LogP contribution in [0.3, 0.4) is 0 Å². The Morgan fingerprint density at radius 1 is 1.13 bits per heavy atom. The second-order valence-corrected chi connectivity index (χ2v) is 7.00. The van der Waals surface area contributed by atoms with Crippen molar-refractivity contribution in [3.8, 4) is 17.0 Å². The fourth-order valence-electron chi connectivity index (χ4n) is 3.36. The Bertz CT molecular complexity index is 1280. The van der Waals surface area contributed by atoms with Gasteiger partial charge in [-0.15, -0.1) is 0 Å². The lowest BCUT2D eigenvalue weighted by Gasteiger charge is -2.10. The average Bonchev–Trinajstić information content (AvgIpc) is 3.21. The van der Waals surface area contributed by atoms with E-state index in [1.54, 1.807) is 37.7 Å². The lowest BCUT2D eigenvalue weighted by Crippen LogP contribution is -2.32. The highest BCUT2D eigenvalue weighted by atomic mass is 19.1. The minimum Gasteiger partial charge on any atom is -0.496 e. The van der Waals surface area contributed by atoms with E-state index in [0.29, 0.717) is 30.0 Å². The Morgan fingerprint density at radius 3 is 2.68 bits per heavy atom. The van der Waals surface area contributed by atoms with Crippen LogP contribution >= 0.6 is 0 Å². The summed E-state index contributed by atoms with van der Waals surface area (Å²) in [6.07, 6.45) is 3.51. The summed E-state index contributed by atoms with van der Waals surface area (Å²) in [5, 5.41) is 7.22. The van der Waals surface area contributed by atoms with Crippen LogP contribution in [0.1, 0.15) is 5.56 Å². The Morgan fingerprint density at radius 2 is 1.90 bits per heavy atom. The van der Waals surface area contributed by atoms with Gasteiger partial charge in [0.1, 0.15) is 17.1 Å². The Balaban J connectivity index is 1.43. The van der Waals surface area contributed by atoms with Gasteiger partial charge in [-0.2, -0.15) is 5.10 Å². The summed E-state index contributed by atoms with van der Waals surface area (Å²) in [7, 11) is 1.57. The van der Waals surface area contributed by atoms with Crippen LogP contribution in [0, 0.1) is 5.82 Å². The van der Waals surface area contributed by atoms with Gasteiger partial charge in [-0.1, -0.05) is 18.2 Å². The molecule has 1 amide bonds. The maximum absolute atomic E-state index is 13.1. The molecule has 2 aromatic heterocycles. The summed E-state index contributed by atoms with van der Waals surface area (Å²) in [5.74, 6) is 0.182. The Kier molecular flexibility index (Phi) is 5.79. The molecule has 0 unspecified atom stereocenters. The predicted octanol–water partition coefficient (Wildman–Crippen LogP) is 2.67. The number of fused-ring (bicyclic) bond motifs is 1. The lowest BCUT2D eigenvalue weighted by atomic mass is 10.1. The fraction of sp³-hybridized carbons (Fsp3) is 0.174. The molecule has 31 heavy (non-hydrogen) atoms. The third-order valence-electron chi connectivity index (χ3n) is 4.96. The number of rotatable bonds is 7. The number of para-hydroxylation sites is 1. The first-order valence-electron chi connectivity index (χ1n) is 9.78. The monoisotopic (exact) mass is 420 g/mol. The highest BCUT2D eigenvalue weighted by Gasteiger charge is 2.11. The molecule has 0 fully saturated rings. The maximum Gasteiger partial charge on any atom is 0.276 e. The summed E-state index contributed by atoms with van der Waals surface area (Å²) in [4.78, 5) is 25.0. The number of nitrogens with zero attached hydrogens (tertiary/aromatic N) is 3. The summed E-state index contributed by atoms with van der Waals surface area (Å²) in [6, 6.07) is 15.0. The predicted molar refractivity (Wildman–Crippen MR) is 115 cm³/mol. The second-order valence-electron chi connectivity index (χ2n) is 7.00. The molecule has 1 N–H and O–H groups in total. The number of hydrogen-bond donors (Lipinski definition) is 1. The van der Waals surface area contributed by atoms with Crippen molar-refractivity contribution >= 4 is 11.4 Å². The van der Waals surface area contributed by atoms with Crippen molar-refractivity contribution in [2.75, 3.05) is 13.7 Å². The van der Waals surface area contributed by atoms with Crippen LogP contribution < -0.4 is 15.6 Å². The quantitative estimate of drug-likeness (QED) is 0.499. The number of carbonyl (C=O) groups excluding carboxylic acids is 1. The van der Waals surface area contributed by atoms with E-state index in [-0.39, 0.29) is 23.7 Å². The first-order chi connectivity index (χ1) is 15.0. The zero-order chi connectivity index (χ0) is 21.8. The Hall–Kier alpha value is -3.94. The number of hydrogen-bond acceptors (Lipinski definition) is 4. The van der Waals surface area contributed by atoms with Gasteiger partial charge in [0.25, 0.3) is 5.56 Å². The molecule has 8 heteroatoms.